The summed E-state index contributed by atoms with van der Waals surface area (Å²) in [6.45, 7) is 1.72. The molecule has 0 bridgehead atoms. The maximum atomic E-state index is 13.7. The molecule has 0 aliphatic carbocycles. The standard InChI is InChI=1S/C12H10BrFN2O2/c1-7(8-5-3-2-4-6-8)16-9(11(17)18)10(13)15-12(16)14/h2-7H,1H3,(H,17,18)/t7-/m1/s1. The summed E-state index contributed by atoms with van der Waals surface area (Å²) >= 11 is 2.96. The third-order valence-corrected chi connectivity index (χ3v) is 3.25. The van der Waals surface area contributed by atoms with E-state index in [9.17, 15) is 9.18 Å². The Hall–Kier alpha value is -1.69. The molecule has 0 radical (unpaired) electrons. The minimum absolute atomic E-state index is 0.00437. The number of carbonyl (C=O) groups is 1. The lowest BCUT2D eigenvalue weighted by molar-refractivity contribution is 0.0681. The lowest BCUT2D eigenvalue weighted by atomic mass is 10.1. The van der Waals surface area contributed by atoms with E-state index < -0.39 is 18.1 Å². The van der Waals surface area contributed by atoms with E-state index in [1.807, 2.05) is 30.3 Å². The molecule has 18 heavy (non-hydrogen) atoms. The quantitative estimate of drug-likeness (QED) is 0.947. The van der Waals surface area contributed by atoms with Gasteiger partial charge in [-0.1, -0.05) is 30.3 Å². The van der Waals surface area contributed by atoms with Crippen molar-refractivity contribution < 1.29 is 14.3 Å². The van der Waals surface area contributed by atoms with Crippen LogP contribution in [-0.2, 0) is 0 Å². The molecule has 94 valence electrons. The van der Waals surface area contributed by atoms with Gasteiger partial charge in [-0.3, -0.25) is 4.57 Å². The van der Waals surface area contributed by atoms with Crippen LogP contribution < -0.4 is 0 Å². The molecule has 1 atom stereocenters. The highest BCUT2D eigenvalue weighted by molar-refractivity contribution is 9.10. The van der Waals surface area contributed by atoms with Crippen molar-refractivity contribution in [2.24, 2.45) is 0 Å². The molecule has 1 N–H and O–H groups in total. The lowest BCUT2D eigenvalue weighted by Gasteiger charge is -2.15. The summed E-state index contributed by atoms with van der Waals surface area (Å²) in [5.41, 5.74) is 0.618. The van der Waals surface area contributed by atoms with E-state index in [0.29, 0.717) is 0 Å². The van der Waals surface area contributed by atoms with Gasteiger partial charge in [-0.05, 0) is 28.4 Å². The first-order chi connectivity index (χ1) is 8.52. The number of imidazole rings is 1. The Morgan fingerprint density at radius 2 is 2.06 bits per heavy atom. The van der Waals surface area contributed by atoms with Gasteiger partial charge in [0, 0.05) is 0 Å². The van der Waals surface area contributed by atoms with Gasteiger partial charge < -0.3 is 5.11 Å². The second-order valence-electron chi connectivity index (χ2n) is 3.78. The predicted octanol–water partition coefficient (Wildman–Crippen LogP) is 3.09. The Bertz CT molecular complexity index is 583. The van der Waals surface area contributed by atoms with Gasteiger partial charge in [0.05, 0.1) is 6.04 Å². The second-order valence-corrected chi connectivity index (χ2v) is 4.53. The van der Waals surface area contributed by atoms with Crippen LogP contribution >= 0.6 is 15.9 Å². The molecule has 0 spiro atoms. The van der Waals surface area contributed by atoms with Crippen LogP contribution in [0.25, 0.3) is 0 Å². The minimum Gasteiger partial charge on any atom is -0.476 e. The van der Waals surface area contributed by atoms with Crippen LogP contribution in [0.2, 0.25) is 0 Å². The number of carboxylic acids is 1. The molecule has 2 rings (SSSR count). The fourth-order valence-electron chi connectivity index (χ4n) is 1.80. The fourth-order valence-corrected chi connectivity index (χ4v) is 2.31. The van der Waals surface area contributed by atoms with Crippen LogP contribution in [-0.4, -0.2) is 20.6 Å². The number of hydrogen-bond donors (Lipinski definition) is 1. The summed E-state index contributed by atoms with van der Waals surface area (Å²) in [7, 11) is 0. The number of nitrogens with zero attached hydrogens (tertiary/aromatic N) is 2. The normalized spacial score (nSPS) is 12.4. The van der Waals surface area contributed by atoms with Crippen molar-refractivity contribution in [3.8, 4) is 0 Å². The molecular formula is C12H10BrFN2O2. The SMILES string of the molecule is C[C@H](c1ccccc1)n1c(F)nc(Br)c1C(=O)O. The average Bonchev–Trinajstić information content (AvgIpc) is 2.64. The number of rotatable bonds is 3. The van der Waals surface area contributed by atoms with Crippen LogP contribution in [0, 0.1) is 6.08 Å². The Labute approximate surface area is 111 Å². The first-order valence-corrected chi connectivity index (χ1v) is 6.03. The molecule has 1 aromatic heterocycles. The topological polar surface area (TPSA) is 55.1 Å². The number of hydrogen-bond acceptors (Lipinski definition) is 2. The zero-order valence-electron chi connectivity index (χ0n) is 9.47. The third kappa shape index (κ3) is 2.15. The van der Waals surface area contributed by atoms with E-state index in [1.165, 1.54) is 0 Å². The van der Waals surface area contributed by atoms with Crippen molar-refractivity contribution >= 4 is 21.9 Å². The van der Waals surface area contributed by atoms with Crippen molar-refractivity contribution in [2.75, 3.05) is 0 Å². The van der Waals surface area contributed by atoms with Crippen LogP contribution in [0.3, 0.4) is 0 Å². The molecule has 0 fully saturated rings. The summed E-state index contributed by atoms with van der Waals surface area (Å²) < 4.78 is 14.8. The molecule has 4 nitrogen and oxygen atoms in total. The van der Waals surface area contributed by atoms with E-state index in [4.69, 9.17) is 5.11 Å². The van der Waals surface area contributed by atoms with Gasteiger partial charge in [-0.15, -0.1) is 0 Å². The summed E-state index contributed by atoms with van der Waals surface area (Å²) in [6.07, 6.45) is -0.823. The van der Waals surface area contributed by atoms with Gasteiger partial charge in [-0.25, -0.2) is 4.79 Å². The number of aromatic carboxylic acids is 1. The van der Waals surface area contributed by atoms with Crippen LogP contribution in [0.15, 0.2) is 34.9 Å². The number of benzene rings is 1. The van der Waals surface area contributed by atoms with Gasteiger partial charge in [0.15, 0.2) is 5.69 Å². The fraction of sp³-hybridized carbons (Fsp3) is 0.167. The van der Waals surface area contributed by atoms with Crippen molar-refractivity contribution in [1.82, 2.24) is 9.55 Å². The average molecular weight is 313 g/mol. The van der Waals surface area contributed by atoms with Crippen molar-refractivity contribution in [3.05, 3.63) is 52.3 Å². The zero-order chi connectivity index (χ0) is 13.3. The van der Waals surface area contributed by atoms with Gasteiger partial charge in [0.2, 0.25) is 0 Å². The summed E-state index contributed by atoms with van der Waals surface area (Å²) in [4.78, 5) is 14.6. The smallest absolute Gasteiger partial charge is 0.355 e. The highest BCUT2D eigenvalue weighted by Crippen LogP contribution is 2.26. The highest BCUT2D eigenvalue weighted by atomic mass is 79.9. The van der Waals surface area contributed by atoms with Gasteiger partial charge >= 0.3 is 5.97 Å². The summed E-state index contributed by atoms with van der Waals surface area (Å²) in [5.74, 6) is -1.22. The molecule has 1 aromatic carbocycles. The van der Waals surface area contributed by atoms with E-state index in [-0.39, 0.29) is 10.3 Å². The summed E-state index contributed by atoms with van der Waals surface area (Å²) in [5, 5.41) is 9.10. The molecule has 0 amide bonds. The van der Waals surface area contributed by atoms with E-state index in [1.54, 1.807) is 6.92 Å². The van der Waals surface area contributed by atoms with Gasteiger partial charge in [-0.2, -0.15) is 9.37 Å². The van der Waals surface area contributed by atoms with Gasteiger partial charge in [0.25, 0.3) is 6.08 Å². The monoisotopic (exact) mass is 312 g/mol. The summed E-state index contributed by atoms with van der Waals surface area (Å²) in [6, 6.07) is 8.64. The minimum atomic E-state index is -1.22. The van der Waals surface area contributed by atoms with E-state index in [2.05, 4.69) is 20.9 Å². The van der Waals surface area contributed by atoms with Crippen LogP contribution in [0.4, 0.5) is 4.39 Å². The largest absolute Gasteiger partial charge is 0.476 e. The lowest BCUT2D eigenvalue weighted by Crippen LogP contribution is -2.16. The molecule has 0 unspecified atom stereocenters. The van der Waals surface area contributed by atoms with Crippen LogP contribution in [0.5, 0.6) is 0 Å². The van der Waals surface area contributed by atoms with Crippen LogP contribution in [0.1, 0.15) is 29.0 Å². The maximum Gasteiger partial charge on any atom is 0.355 e. The predicted molar refractivity (Wildman–Crippen MR) is 67.1 cm³/mol. The first kappa shape index (κ1) is 12.8. The van der Waals surface area contributed by atoms with E-state index >= 15 is 0 Å². The Kier molecular flexibility index (Phi) is 3.47. The van der Waals surface area contributed by atoms with Gasteiger partial charge in [0.1, 0.15) is 4.60 Å². The van der Waals surface area contributed by atoms with Crippen molar-refractivity contribution in [3.63, 3.8) is 0 Å². The van der Waals surface area contributed by atoms with E-state index in [0.717, 1.165) is 10.1 Å². The molecule has 1 heterocycles. The maximum absolute atomic E-state index is 13.7. The number of halogens is 2. The molecule has 0 saturated carbocycles. The third-order valence-electron chi connectivity index (χ3n) is 2.70. The Morgan fingerprint density at radius 3 is 2.61 bits per heavy atom. The zero-order valence-corrected chi connectivity index (χ0v) is 11.1. The van der Waals surface area contributed by atoms with Crippen molar-refractivity contribution in [2.45, 2.75) is 13.0 Å². The molecular weight excluding hydrogens is 303 g/mol. The number of carboxylic acid groups (broad SMARTS) is 1. The van der Waals surface area contributed by atoms with Crippen molar-refractivity contribution in [1.29, 1.82) is 0 Å². The molecule has 2 aromatic rings. The highest BCUT2D eigenvalue weighted by Gasteiger charge is 2.25. The molecule has 0 aliphatic rings. The second kappa shape index (κ2) is 4.89. The molecule has 6 heteroatoms. The Morgan fingerprint density at radius 1 is 1.44 bits per heavy atom. The molecule has 0 saturated heterocycles. The molecule has 0 aliphatic heterocycles. The Balaban J connectivity index is 2.55. The number of aromatic nitrogens is 2. The first-order valence-electron chi connectivity index (χ1n) is 5.24.